The Kier molecular flexibility index (Phi) is 5.68. The third-order valence-corrected chi connectivity index (χ3v) is 4.98. The topological polar surface area (TPSA) is 45.6 Å². The molecule has 2 aromatic rings. The van der Waals surface area contributed by atoms with Gasteiger partial charge in [0.25, 0.3) is 5.91 Å². The highest BCUT2D eigenvalue weighted by Gasteiger charge is 2.32. The first kappa shape index (κ1) is 18.1. The minimum Gasteiger partial charge on any atom is -0.283 e. The second kappa shape index (κ2) is 8.15. The molecule has 3 rings (SSSR count). The van der Waals surface area contributed by atoms with Gasteiger partial charge < -0.3 is 0 Å². The summed E-state index contributed by atoms with van der Waals surface area (Å²) < 4.78 is 0. The van der Waals surface area contributed by atoms with Crippen molar-refractivity contribution < 1.29 is 4.79 Å². The molecule has 0 spiro atoms. The molecular weight excluding hydrogens is 342 g/mol. The molecule has 1 aromatic heterocycles. The Morgan fingerprint density at radius 2 is 2.04 bits per heavy atom. The van der Waals surface area contributed by atoms with E-state index in [1.807, 2.05) is 30.3 Å². The molecule has 0 N–H and O–H groups in total. The lowest BCUT2D eigenvalue weighted by molar-refractivity contribution is -0.121. The average Bonchev–Trinajstić information content (AvgIpc) is 2.92. The Morgan fingerprint density at radius 3 is 2.65 bits per heavy atom. The molecule has 1 aliphatic heterocycles. The number of carbonyl (C=O) groups is 1. The van der Waals surface area contributed by atoms with Crippen molar-refractivity contribution in [3.8, 4) is 0 Å². The van der Waals surface area contributed by atoms with Crippen molar-refractivity contribution >= 4 is 34.6 Å². The molecule has 26 heavy (non-hydrogen) atoms. The van der Waals surface area contributed by atoms with Crippen LogP contribution >= 0.6 is 11.8 Å². The lowest BCUT2D eigenvalue weighted by Gasteiger charge is -2.12. The summed E-state index contributed by atoms with van der Waals surface area (Å²) in [6.07, 6.45) is 7.00. The van der Waals surface area contributed by atoms with Crippen LogP contribution in [0, 0.1) is 0 Å². The first-order valence-electron chi connectivity index (χ1n) is 8.49. The Bertz CT molecular complexity index is 855. The zero-order chi connectivity index (χ0) is 18.5. The van der Waals surface area contributed by atoms with E-state index in [1.54, 1.807) is 23.4 Å². The van der Waals surface area contributed by atoms with Crippen LogP contribution in [0.15, 0.2) is 71.3 Å². The van der Waals surface area contributed by atoms with Crippen molar-refractivity contribution in [2.24, 2.45) is 4.99 Å². The van der Waals surface area contributed by atoms with Crippen LogP contribution < -0.4 is 0 Å². The zero-order valence-corrected chi connectivity index (χ0v) is 15.7. The van der Waals surface area contributed by atoms with Crippen LogP contribution in [0.5, 0.6) is 0 Å². The fourth-order valence-corrected chi connectivity index (χ4v) is 3.55. The summed E-state index contributed by atoms with van der Waals surface area (Å²) >= 11 is 1.38. The molecule has 0 unspecified atom stereocenters. The van der Waals surface area contributed by atoms with E-state index in [2.05, 4.69) is 42.5 Å². The van der Waals surface area contributed by atoms with Gasteiger partial charge in [-0.25, -0.2) is 4.99 Å². The Labute approximate surface area is 158 Å². The highest BCUT2D eigenvalue weighted by Crippen LogP contribution is 2.34. The van der Waals surface area contributed by atoms with E-state index in [-0.39, 0.29) is 5.91 Å². The van der Waals surface area contributed by atoms with Crippen LogP contribution in [-0.4, -0.2) is 27.5 Å². The fraction of sp³-hybridized carbons (Fsp3) is 0.190. The number of benzene rings is 1. The van der Waals surface area contributed by atoms with Gasteiger partial charge in [-0.05, 0) is 47.0 Å². The monoisotopic (exact) mass is 363 g/mol. The van der Waals surface area contributed by atoms with Gasteiger partial charge >= 0.3 is 0 Å². The number of nitrogens with zero attached hydrogens (tertiary/aromatic N) is 3. The number of amides is 1. The average molecular weight is 363 g/mol. The lowest BCUT2D eigenvalue weighted by atomic mass is 10.0. The van der Waals surface area contributed by atoms with E-state index in [4.69, 9.17) is 0 Å². The van der Waals surface area contributed by atoms with E-state index >= 15 is 0 Å². The Morgan fingerprint density at radius 1 is 1.27 bits per heavy atom. The molecule has 0 bridgehead atoms. The van der Waals surface area contributed by atoms with Crippen LogP contribution in [0.25, 0.3) is 6.08 Å². The molecule has 0 radical (unpaired) electrons. The number of hydrogen-bond donors (Lipinski definition) is 0. The first-order chi connectivity index (χ1) is 12.6. The second-order valence-electron chi connectivity index (χ2n) is 6.24. The first-order valence-corrected chi connectivity index (χ1v) is 9.31. The van der Waals surface area contributed by atoms with Crippen LogP contribution in [0.3, 0.4) is 0 Å². The van der Waals surface area contributed by atoms with Gasteiger partial charge in [0.2, 0.25) is 0 Å². The molecule has 1 fully saturated rings. The van der Waals surface area contributed by atoms with Gasteiger partial charge in [0.1, 0.15) is 0 Å². The summed E-state index contributed by atoms with van der Waals surface area (Å²) in [5, 5.41) is 0.646. The molecule has 4 nitrogen and oxygen atoms in total. The predicted octanol–water partition coefficient (Wildman–Crippen LogP) is 5.00. The highest BCUT2D eigenvalue weighted by molar-refractivity contribution is 8.18. The highest BCUT2D eigenvalue weighted by atomic mass is 32.2. The minimum absolute atomic E-state index is 0.0505. The lowest BCUT2D eigenvalue weighted by Crippen LogP contribution is -2.29. The van der Waals surface area contributed by atoms with E-state index in [9.17, 15) is 4.79 Å². The van der Waals surface area contributed by atoms with Crippen molar-refractivity contribution in [1.82, 2.24) is 9.88 Å². The number of aliphatic imine (C=N–C) groups is 1. The SMILES string of the molecule is C=CCN1C(=O)/C(=C/c2ccc(C(C)C)cc2)SC1=Nc1cccnc1. The van der Waals surface area contributed by atoms with Gasteiger partial charge in [0.05, 0.1) is 16.8 Å². The molecule has 0 aliphatic carbocycles. The molecule has 0 atom stereocenters. The second-order valence-corrected chi connectivity index (χ2v) is 7.25. The molecule has 1 aliphatic rings. The smallest absolute Gasteiger partial charge is 0.267 e. The third kappa shape index (κ3) is 4.11. The van der Waals surface area contributed by atoms with Gasteiger partial charge in [-0.3, -0.25) is 14.7 Å². The van der Waals surface area contributed by atoms with Crippen LogP contribution in [0.2, 0.25) is 0 Å². The maximum Gasteiger partial charge on any atom is 0.267 e. The summed E-state index contributed by atoms with van der Waals surface area (Å²) in [4.78, 5) is 23.7. The summed E-state index contributed by atoms with van der Waals surface area (Å²) in [7, 11) is 0. The summed E-state index contributed by atoms with van der Waals surface area (Å²) in [6.45, 7) is 8.50. The number of carbonyl (C=O) groups excluding carboxylic acids is 1. The third-order valence-electron chi connectivity index (χ3n) is 3.97. The number of thioether (sulfide) groups is 1. The quantitative estimate of drug-likeness (QED) is 0.555. The molecule has 1 aromatic carbocycles. The maximum absolute atomic E-state index is 12.8. The van der Waals surface area contributed by atoms with Gasteiger partial charge in [0.15, 0.2) is 5.17 Å². The van der Waals surface area contributed by atoms with Crippen molar-refractivity contribution in [3.05, 3.63) is 77.5 Å². The molecule has 1 saturated heterocycles. The van der Waals surface area contributed by atoms with E-state index in [0.29, 0.717) is 22.5 Å². The van der Waals surface area contributed by atoms with Gasteiger partial charge in [-0.15, -0.1) is 6.58 Å². The molecular formula is C21H21N3OS. The van der Waals surface area contributed by atoms with Crippen molar-refractivity contribution in [3.63, 3.8) is 0 Å². The van der Waals surface area contributed by atoms with Gasteiger partial charge in [-0.1, -0.05) is 44.2 Å². The fourth-order valence-electron chi connectivity index (χ4n) is 2.54. The molecule has 1 amide bonds. The Balaban J connectivity index is 1.90. The number of rotatable bonds is 5. The number of amidine groups is 1. The van der Waals surface area contributed by atoms with E-state index < -0.39 is 0 Å². The molecule has 132 valence electrons. The number of pyridine rings is 1. The predicted molar refractivity (Wildman–Crippen MR) is 109 cm³/mol. The maximum atomic E-state index is 12.8. The number of aromatic nitrogens is 1. The zero-order valence-electron chi connectivity index (χ0n) is 14.9. The molecule has 0 saturated carbocycles. The normalized spacial score (nSPS) is 17.5. The van der Waals surface area contributed by atoms with Crippen molar-refractivity contribution in [2.75, 3.05) is 6.54 Å². The van der Waals surface area contributed by atoms with E-state index in [1.165, 1.54) is 17.3 Å². The number of hydrogen-bond acceptors (Lipinski definition) is 4. The van der Waals surface area contributed by atoms with Crippen LogP contribution in [0.4, 0.5) is 5.69 Å². The van der Waals surface area contributed by atoms with Gasteiger partial charge in [0, 0.05) is 12.7 Å². The van der Waals surface area contributed by atoms with Crippen molar-refractivity contribution in [2.45, 2.75) is 19.8 Å². The minimum atomic E-state index is -0.0505. The Hall–Kier alpha value is -2.66. The summed E-state index contributed by atoms with van der Waals surface area (Å²) in [5.74, 6) is 0.436. The summed E-state index contributed by atoms with van der Waals surface area (Å²) in [6, 6.07) is 12.0. The standard InChI is InChI=1S/C21H21N3OS/c1-4-12-24-20(25)19(13-16-7-9-17(10-8-16)15(2)3)26-21(24)23-18-6-5-11-22-14-18/h4-11,13-15H,1,12H2,2-3H3/b19-13-,23-21?. The molecule has 2 heterocycles. The van der Waals surface area contributed by atoms with Crippen LogP contribution in [0.1, 0.15) is 30.9 Å². The van der Waals surface area contributed by atoms with E-state index in [0.717, 1.165) is 11.3 Å². The largest absolute Gasteiger partial charge is 0.283 e. The molecule has 5 heteroatoms. The van der Waals surface area contributed by atoms with Crippen molar-refractivity contribution in [1.29, 1.82) is 0 Å². The van der Waals surface area contributed by atoms with Gasteiger partial charge in [-0.2, -0.15) is 0 Å². The van der Waals surface area contributed by atoms with Crippen LogP contribution in [-0.2, 0) is 4.79 Å². The summed E-state index contributed by atoms with van der Waals surface area (Å²) in [5.41, 5.74) is 3.01.